The minimum atomic E-state index is 0.0714. The highest BCUT2D eigenvalue weighted by Gasteiger charge is 2.20. The SMILES string of the molecule is O=C(CCc1ccsc1)Nc1ccc(N2CC[NH+](Cc3ccccc3)CC2)cc1. The number of quaternary nitrogens is 1. The number of nitrogens with one attached hydrogen (secondary N) is 2. The van der Waals surface area contributed by atoms with Crippen molar-refractivity contribution in [3.8, 4) is 0 Å². The quantitative estimate of drug-likeness (QED) is 0.632. The van der Waals surface area contributed by atoms with Crippen molar-refractivity contribution in [3.05, 3.63) is 82.6 Å². The van der Waals surface area contributed by atoms with Crippen molar-refractivity contribution >= 4 is 28.6 Å². The van der Waals surface area contributed by atoms with Gasteiger partial charge in [-0.2, -0.15) is 11.3 Å². The van der Waals surface area contributed by atoms with Gasteiger partial charge in [-0.05, 0) is 53.1 Å². The van der Waals surface area contributed by atoms with Gasteiger partial charge >= 0.3 is 0 Å². The van der Waals surface area contributed by atoms with E-state index in [4.69, 9.17) is 0 Å². The first-order valence-electron chi connectivity index (χ1n) is 10.3. The lowest BCUT2D eigenvalue weighted by atomic mass is 10.1. The molecule has 2 aromatic carbocycles. The number of anilines is 2. The monoisotopic (exact) mass is 406 g/mol. The van der Waals surface area contributed by atoms with Crippen molar-refractivity contribution in [2.75, 3.05) is 36.4 Å². The molecule has 1 amide bonds. The van der Waals surface area contributed by atoms with Crippen LogP contribution >= 0.6 is 11.3 Å². The zero-order valence-electron chi connectivity index (χ0n) is 16.6. The van der Waals surface area contributed by atoms with E-state index >= 15 is 0 Å². The van der Waals surface area contributed by atoms with Crippen LogP contribution in [0.4, 0.5) is 11.4 Å². The third kappa shape index (κ3) is 5.68. The van der Waals surface area contributed by atoms with Gasteiger partial charge in [0.2, 0.25) is 5.91 Å². The first kappa shape index (κ1) is 19.7. The maximum absolute atomic E-state index is 12.2. The third-order valence-electron chi connectivity index (χ3n) is 5.50. The van der Waals surface area contributed by atoms with E-state index in [9.17, 15) is 4.79 Å². The maximum atomic E-state index is 12.2. The van der Waals surface area contributed by atoms with Crippen molar-refractivity contribution in [1.29, 1.82) is 0 Å². The molecule has 0 atom stereocenters. The summed E-state index contributed by atoms with van der Waals surface area (Å²) in [5.41, 5.74) is 4.75. The van der Waals surface area contributed by atoms with Crippen LogP contribution < -0.4 is 15.1 Å². The summed E-state index contributed by atoms with van der Waals surface area (Å²) in [6.07, 6.45) is 1.31. The molecule has 150 valence electrons. The zero-order valence-corrected chi connectivity index (χ0v) is 17.5. The number of carbonyl (C=O) groups is 1. The summed E-state index contributed by atoms with van der Waals surface area (Å²) in [4.78, 5) is 16.2. The third-order valence-corrected chi connectivity index (χ3v) is 6.24. The second kappa shape index (κ2) is 9.72. The Morgan fingerprint density at radius 2 is 1.72 bits per heavy atom. The normalized spacial score (nSPS) is 14.7. The number of benzene rings is 2. The average Bonchev–Trinajstić information content (AvgIpc) is 3.28. The molecule has 0 saturated carbocycles. The fraction of sp³-hybridized carbons (Fsp3) is 0.292. The predicted molar refractivity (Wildman–Crippen MR) is 121 cm³/mol. The van der Waals surface area contributed by atoms with Gasteiger partial charge < -0.3 is 15.1 Å². The van der Waals surface area contributed by atoms with Crippen molar-refractivity contribution in [3.63, 3.8) is 0 Å². The number of amides is 1. The Labute approximate surface area is 176 Å². The first-order chi connectivity index (χ1) is 14.3. The molecule has 1 aliphatic rings. The second-order valence-electron chi connectivity index (χ2n) is 7.63. The number of hydrogen-bond acceptors (Lipinski definition) is 3. The van der Waals surface area contributed by atoms with E-state index in [1.54, 1.807) is 16.2 Å². The molecule has 2 heterocycles. The van der Waals surface area contributed by atoms with Gasteiger partial charge in [0, 0.05) is 23.4 Å². The number of carbonyl (C=O) groups excluding carboxylic acids is 1. The number of thiophene rings is 1. The average molecular weight is 407 g/mol. The Morgan fingerprint density at radius 3 is 2.41 bits per heavy atom. The van der Waals surface area contributed by atoms with Gasteiger partial charge in [0.15, 0.2) is 0 Å². The zero-order chi connectivity index (χ0) is 19.9. The summed E-state index contributed by atoms with van der Waals surface area (Å²) < 4.78 is 0. The van der Waals surface area contributed by atoms with E-state index in [-0.39, 0.29) is 5.91 Å². The first-order valence-corrected chi connectivity index (χ1v) is 11.2. The molecule has 0 unspecified atom stereocenters. The van der Waals surface area contributed by atoms with E-state index in [1.807, 2.05) is 12.1 Å². The maximum Gasteiger partial charge on any atom is 0.224 e. The summed E-state index contributed by atoms with van der Waals surface area (Å²) in [6, 6.07) is 21.1. The van der Waals surface area contributed by atoms with Crippen molar-refractivity contribution in [2.45, 2.75) is 19.4 Å². The van der Waals surface area contributed by atoms with E-state index in [1.165, 1.54) is 16.8 Å². The van der Waals surface area contributed by atoms with Crippen LogP contribution in [0, 0.1) is 0 Å². The number of piperazine rings is 1. The van der Waals surface area contributed by atoms with Crippen LogP contribution in [-0.2, 0) is 17.8 Å². The summed E-state index contributed by atoms with van der Waals surface area (Å²) in [5, 5.41) is 7.16. The molecule has 3 aromatic rings. The largest absolute Gasteiger partial charge is 0.360 e. The molecular weight excluding hydrogens is 378 g/mol. The smallest absolute Gasteiger partial charge is 0.224 e. The van der Waals surface area contributed by atoms with E-state index < -0.39 is 0 Å². The molecule has 0 spiro atoms. The minimum Gasteiger partial charge on any atom is -0.360 e. The molecule has 1 aliphatic heterocycles. The molecule has 0 aliphatic carbocycles. The van der Waals surface area contributed by atoms with Crippen molar-refractivity contribution in [2.24, 2.45) is 0 Å². The summed E-state index contributed by atoms with van der Waals surface area (Å²) in [7, 11) is 0. The molecule has 4 nitrogen and oxygen atoms in total. The Hall–Kier alpha value is -2.63. The van der Waals surface area contributed by atoms with Crippen LogP contribution in [0.3, 0.4) is 0 Å². The van der Waals surface area contributed by atoms with Gasteiger partial charge in [-0.1, -0.05) is 30.3 Å². The molecule has 29 heavy (non-hydrogen) atoms. The Bertz CT molecular complexity index is 886. The Kier molecular flexibility index (Phi) is 6.60. The highest BCUT2D eigenvalue weighted by molar-refractivity contribution is 7.07. The number of hydrogen-bond donors (Lipinski definition) is 2. The minimum absolute atomic E-state index is 0.0714. The van der Waals surface area contributed by atoms with Gasteiger partial charge in [0.25, 0.3) is 0 Å². The van der Waals surface area contributed by atoms with Crippen LogP contribution in [0.5, 0.6) is 0 Å². The van der Waals surface area contributed by atoms with Crippen molar-refractivity contribution < 1.29 is 9.69 Å². The summed E-state index contributed by atoms with van der Waals surface area (Å²) >= 11 is 1.67. The molecule has 0 radical (unpaired) electrons. The molecule has 1 saturated heterocycles. The van der Waals surface area contributed by atoms with Gasteiger partial charge in [-0.15, -0.1) is 0 Å². The van der Waals surface area contributed by atoms with E-state index in [0.29, 0.717) is 6.42 Å². The highest BCUT2D eigenvalue weighted by Crippen LogP contribution is 2.18. The van der Waals surface area contributed by atoms with Crippen LogP contribution in [-0.4, -0.2) is 32.1 Å². The lowest BCUT2D eigenvalue weighted by Gasteiger charge is -2.33. The molecule has 0 bridgehead atoms. The molecule has 2 N–H and O–H groups in total. The van der Waals surface area contributed by atoms with Crippen molar-refractivity contribution in [1.82, 2.24) is 0 Å². The molecule has 1 fully saturated rings. The summed E-state index contributed by atoms with van der Waals surface area (Å²) in [5.74, 6) is 0.0714. The Morgan fingerprint density at radius 1 is 0.966 bits per heavy atom. The number of rotatable bonds is 7. The fourth-order valence-electron chi connectivity index (χ4n) is 3.81. The van der Waals surface area contributed by atoms with Gasteiger partial charge in [0.1, 0.15) is 6.54 Å². The lowest BCUT2D eigenvalue weighted by molar-refractivity contribution is -0.914. The Balaban J connectivity index is 1.23. The van der Waals surface area contributed by atoms with Crippen LogP contribution in [0.1, 0.15) is 17.5 Å². The van der Waals surface area contributed by atoms with Gasteiger partial charge in [-0.25, -0.2) is 0 Å². The van der Waals surface area contributed by atoms with Crippen LogP contribution in [0.25, 0.3) is 0 Å². The molecular formula is C24H28N3OS+. The number of aryl methyl sites for hydroxylation is 1. The number of nitrogens with zero attached hydrogens (tertiary/aromatic N) is 1. The highest BCUT2D eigenvalue weighted by atomic mass is 32.1. The lowest BCUT2D eigenvalue weighted by Crippen LogP contribution is -3.13. The van der Waals surface area contributed by atoms with Gasteiger partial charge in [0.05, 0.1) is 26.2 Å². The van der Waals surface area contributed by atoms with Crippen LogP contribution in [0.2, 0.25) is 0 Å². The molecule has 1 aromatic heterocycles. The molecule has 5 heteroatoms. The predicted octanol–water partition coefficient (Wildman–Crippen LogP) is 3.22. The second-order valence-corrected chi connectivity index (χ2v) is 8.41. The van der Waals surface area contributed by atoms with E-state index in [0.717, 1.165) is 44.8 Å². The topological polar surface area (TPSA) is 36.8 Å². The fourth-order valence-corrected chi connectivity index (χ4v) is 4.52. The van der Waals surface area contributed by atoms with E-state index in [2.05, 4.69) is 69.5 Å². The summed E-state index contributed by atoms with van der Waals surface area (Å²) in [6.45, 7) is 5.53. The molecule has 4 rings (SSSR count). The standard InChI is InChI=1S/C24H27N3OS/c28-24(11-6-21-12-17-29-19-21)25-22-7-9-23(10-8-22)27-15-13-26(14-16-27)18-20-4-2-1-3-5-20/h1-5,7-10,12,17,19H,6,11,13-16,18H2,(H,25,28)/p+1. The van der Waals surface area contributed by atoms with Gasteiger partial charge in [-0.3, -0.25) is 4.79 Å². The van der Waals surface area contributed by atoms with Crippen LogP contribution in [0.15, 0.2) is 71.4 Å².